The number of thioether (sulfide) groups is 2. The van der Waals surface area contributed by atoms with E-state index in [1.165, 1.54) is 64.6 Å². The van der Waals surface area contributed by atoms with Crippen LogP contribution in [0.5, 0.6) is 5.75 Å². The molecular formula is C38H43ClN2O4S4. The lowest BCUT2D eigenvalue weighted by atomic mass is 9.72. The van der Waals surface area contributed by atoms with Gasteiger partial charge < -0.3 is 14.2 Å². The summed E-state index contributed by atoms with van der Waals surface area (Å²) in [7, 11) is -2.51. The molecule has 0 radical (unpaired) electrons. The van der Waals surface area contributed by atoms with E-state index >= 15 is 0 Å². The summed E-state index contributed by atoms with van der Waals surface area (Å²) in [5.74, 6) is 0.949. The summed E-state index contributed by atoms with van der Waals surface area (Å²) in [6.07, 6.45) is 9.13. The lowest BCUT2D eigenvalue weighted by Gasteiger charge is -2.33. The predicted molar refractivity (Wildman–Crippen MR) is 207 cm³/mol. The van der Waals surface area contributed by atoms with Gasteiger partial charge in [0.1, 0.15) is 27.1 Å². The number of aromatic nitrogens is 1. The van der Waals surface area contributed by atoms with Crippen LogP contribution in [-0.2, 0) is 16.7 Å². The number of fused-ring (bicyclic) bond motifs is 2. The second kappa shape index (κ2) is 15.3. The minimum absolute atomic E-state index is 0.178. The van der Waals surface area contributed by atoms with E-state index in [2.05, 4.69) is 86.8 Å². The van der Waals surface area contributed by atoms with Gasteiger partial charge in [-0.25, -0.2) is 8.42 Å². The summed E-state index contributed by atoms with van der Waals surface area (Å²) in [5.41, 5.74) is 7.86. The van der Waals surface area contributed by atoms with Crippen LogP contribution in [0.25, 0.3) is 16.3 Å². The third kappa shape index (κ3) is 8.43. The molecule has 1 aliphatic carbocycles. The first kappa shape index (κ1) is 37.5. The van der Waals surface area contributed by atoms with Crippen LogP contribution in [0.2, 0.25) is 5.02 Å². The van der Waals surface area contributed by atoms with E-state index in [1.54, 1.807) is 31.0 Å². The van der Waals surface area contributed by atoms with Crippen molar-refractivity contribution in [2.45, 2.75) is 75.6 Å². The highest BCUT2D eigenvalue weighted by atomic mass is 35.5. The van der Waals surface area contributed by atoms with Gasteiger partial charge in [0.2, 0.25) is 5.52 Å². The van der Waals surface area contributed by atoms with Crippen LogP contribution >= 0.6 is 46.5 Å². The zero-order valence-corrected chi connectivity index (χ0v) is 33.2. The second-order valence-corrected chi connectivity index (χ2v) is 17.7. The fourth-order valence-electron chi connectivity index (χ4n) is 6.26. The molecule has 260 valence electrons. The molecule has 0 bridgehead atoms. The summed E-state index contributed by atoms with van der Waals surface area (Å²) < 4.78 is 40.6. The molecule has 3 aromatic carbocycles. The number of halogens is 1. The van der Waals surface area contributed by atoms with Crippen molar-refractivity contribution in [3.63, 3.8) is 0 Å². The Kier molecular flexibility index (Phi) is 11.7. The number of rotatable bonds is 7. The van der Waals surface area contributed by atoms with Crippen LogP contribution in [0.1, 0.15) is 58.0 Å². The van der Waals surface area contributed by atoms with Gasteiger partial charge in [-0.2, -0.15) is 4.57 Å². The summed E-state index contributed by atoms with van der Waals surface area (Å²) in [6, 6.07) is 16.5. The molecule has 6 nitrogen and oxygen atoms in total. The van der Waals surface area contributed by atoms with Crippen LogP contribution in [0.4, 0.5) is 5.69 Å². The van der Waals surface area contributed by atoms with Crippen molar-refractivity contribution in [3.8, 4) is 5.75 Å². The number of ether oxygens (including phenoxy) is 1. The summed E-state index contributed by atoms with van der Waals surface area (Å²) in [4.78, 5) is 4.68. The Balaban J connectivity index is 0.000000363. The fraction of sp³-hybridized carbons (Fsp3) is 0.342. The second-order valence-electron chi connectivity index (χ2n) is 12.9. The van der Waals surface area contributed by atoms with Gasteiger partial charge in [-0.05, 0) is 111 Å². The Morgan fingerprint density at radius 1 is 1.06 bits per heavy atom. The highest BCUT2D eigenvalue weighted by molar-refractivity contribution is 8.03. The van der Waals surface area contributed by atoms with Crippen molar-refractivity contribution >= 4 is 78.6 Å². The number of hydrogen-bond acceptors (Lipinski definition) is 8. The van der Waals surface area contributed by atoms with Crippen molar-refractivity contribution in [2.75, 3.05) is 24.8 Å². The zero-order chi connectivity index (χ0) is 35.7. The van der Waals surface area contributed by atoms with Gasteiger partial charge in [-0.3, -0.25) is 0 Å². The van der Waals surface area contributed by atoms with Crippen LogP contribution in [0, 0.1) is 12.3 Å². The third-order valence-electron chi connectivity index (χ3n) is 8.77. The monoisotopic (exact) mass is 754 g/mol. The van der Waals surface area contributed by atoms with Crippen molar-refractivity contribution < 1.29 is 22.3 Å². The molecule has 0 saturated carbocycles. The molecule has 11 heteroatoms. The quantitative estimate of drug-likeness (QED) is 0.106. The molecular weight excluding hydrogens is 712 g/mol. The molecule has 1 aromatic heterocycles. The lowest BCUT2D eigenvalue weighted by molar-refractivity contribution is -0.665. The largest absolute Gasteiger partial charge is 0.744 e. The maximum atomic E-state index is 10.4. The Labute approximate surface area is 308 Å². The van der Waals surface area contributed by atoms with Gasteiger partial charge in [0.05, 0.1) is 33.7 Å². The predicted octanol–water partition coefficient (Wildman–Crippen LogP) is 10.5. The molecule has 2 heterocycles. The molecule has 49 heavy (non-hydrogen) atoms. The normalized spacial score (nSPS) is 17.5. The highest BCUT2D eigenvalue weighted by Crippen LogP contribution is 2.49. The van der Waals surface area contributed by atoms with Gasteiger partial charge in [0.25, 0.3) is 5.01 Å². The maximum Gasteiger partial charge on any atom is 0.263 e. The molecule has 0 atom stereocenters. The third-order valence-corrected chi connectivity index (χ3v) is 12.8. The Morgan fingerprint density at radius 3 is 2.39 bits per heavy atom. The SMILES string of the molecule is CCN1/C(=C/C2=C(C)C(=C\c3sc4cc(SC)c(OC)cc4[n+]3CC)/CC(C)(C)C2)Sc2ccc(Cl)cc21.Cc1ccc(S(=O)(=O)[O-])cc1. The number of nitrogens with zero attached hydrogens (tertiary/aromatic N) is 2. The number of allylic oxidation sites excluding steroid dienone is 4. The van der Waals surface area contributed by atoms with E-state index in [9.17, 15) is 13.0 Å². The molecule has 0 saturated heterocycles. The highest BCUT2D eigenvalue weighted by Gasteiger charge is 2.31. The number of methoxy groups -OCH3 is 1. The van der Waals surface area contributed by atoms with Crippen molar-refractivity contribution in [2.24, 2.45) is 5.41 Å². The van der Waals surface area contributed by atoms with Gasteiger partial charge in [0.15, 0.2) is 0 Å². The minimum Gasteiger partial charge on any atom is -0.744 e. The Morgan fingerprint density at radius 2 is 1.78 bits per heavy atom. The van der Waals surface area contributed by atoms with Gasteiger partial charge in [-0.15, -0.1) is 11.8 Å². The molecule has 2 aliphatic rings. The van der Waals surface area contributed by atoms with Crippen molar-refractivity contribution in [1.82, 2.24) is 0 Å². The van der Waals surface area contributed by atoms with Gasteiger partial charge >= 0.3 is 0 Å². The van der Waals surface area contributed by atoms with E-state index in [0.29, 0.717) is 0 Å². The summed E-state index contributed by atoms with van der Waals surface area (Å²) in [6.45, 7) is 15.2. The smallest absolute Gasteiger partial charge is 0.263 e. The number of hydrogen-bond donors (Lipinski definition) is 0. The summed E-state index contributed by atoms with van der Waals surface area (Å²) in [5, 5.41) is 3.38. The van der Waals surface area contributed by atoms with E-state index in [1.807, 2.05) is 36.1 Å². The zero-order valence-electron chi connectivity index (χ0n) is 29.2. The first-order valence-corrected chi connectivity index (χ1v) is 20.8. The topological polar surface area (TPSA) is 73.5 Å². The average Bonchev–Trinajstić information content (AvgIpc) is 3.57. The van der Waals surface area contributed by atoms with Crippen LogP contribution in [0.15, 0.2) is 97.1 Å². The molecule has 0 amide bonds. The maximum absolute atomic E-state index is 10.4. The molecule has 0 unspecified atom stereocenters. The molecule has 4 aromatic rings. The van der Waals surface area contributed by atoms with Gasteiger partial charge in [-0.1, -0.05) is 66.2 Å². The number of thiazole rings is 1. The minimum atomic E-state index is -4.27. The molecule has 6 rings (SSSR count). The Hall–Kier alpha value is -2.73. The van der Waals surface area contributed by atoms with E-state index in [-0.39, 0.29) is 10.3 Å². The van der Waals surface area contributed by atoms with Crippen molar-refractivity contribution in [3.05, 3.63) is 98.0 Å². The van der Waals surface area contributed by atoms with Crippen LogP contribution in [-0.4, -0.2) is 32.9 Å². The molecule has 0 fully saturated rings. The lowest BCUT2D eigenvalue weighted by Crippen LogP contribution is -2.33. The Bertz CT molecular complexity index is 2080. The van der Waals surface area contributed by atoms with Crippen LogP contribution in [0.3, 0.4) is 0 Å². The number of aryl methyl sites for hydroxylation is 2. The number of anilines is 1. The fourth-order valence-corrected chi connectivity index (χ4v) is 9.93. The summed E-state index contributed by atoms with van der Waals surface area (Å²) >= 11 is 11.8. The standard InChI is InChI=1S/C31H36ClN2OS3.C7H8O3S/c1-8-33-23-14-22(32)10-11-26(23)37-29(33)12-20-17-31(4,5)18-21(19(20)3)13-30-34(9-2)24-15-25(35-6)28(36-7)16-27(24)38-30;1-6-2-4-7(5-3-6)11(8,9)10/h10-16H,8-9,17-18H2,1-7H3;2-5H,1H3,(H,8,9,10)/q+1;/p-1. The van der Waals surface area contributed by atoms with E-state index in [0.717, 1.165) is 42.3 Å². The number of benzene rings is 3. The van der Waals surface area contributed by atoms with E-state index < -0.39 is 10.1 Å². The first-order chi connectivity index (χ1) is 23.2. The molecule has 1 aliphatic heterocycles. The van der Waals surface area contributed by atoms with Gasteiger partial charge in [0, 0.05) is 22.5 Å². The average molecular weight is 755 g/mol. The van der Waals surface area contributed by atoms with E-state index in [4.69, 9.17) is 16.3 Å². The molecule has 0 N–H and O–H groups in total. The van der Waals surface area contributed by atoms with Crippen LogP contribution < -0.4 is 14.2 Å². The van der Waals surface area contributed by atoms with Crippen molar-refractivity contribution in [1.29, 1.82) is 0 Å². The first-order valence-electron chi connectivity index (χ1n) is 16.2. The molecule has 0 spiro atoms.